The van der Waals surface area contributed by atoms with E-state index >= 15 is 0 Å². The zero-order chi connectivity index (χ0) is 14.4. The van der Waals surface area contributed by atoms with Gasteiger partial charge in [-0.25, -0.2) is 10.8 Å². The highest BCUT2D eigenvalue weighted by Gasteiger charge is 2.15. The van der Waals surface area contributed by atoms with Crippen molar-refractivity contribution in [2.75, 3.05) is 25.1 Å². The molecule has 20 heavy (non-hydrogen) atoms. The summed E-state index contributed by atoms with van der Waals surface area (Å²) in [4.78, 5) is 18.5. The minimum atomic E-state index is -0.0894. The first-order chi connectivity index (χ1) is 9.69. The zero-order valence-corrected chi connectivity index (χ0v) is 11.9. The molecule has 1 atom stereocenters. The maximum Gasteiger partial charge on any atom is 0.251 e. The molecule has 1 fully saturated rings. The number of amides is 1. The molecule has 0 saturated carbocycles. The second-order valence-corrected chi connectivity index (χ2v) is 5.31. The number of rotatable bonds is 5. The molecule has 1 unspecified atom stereocenters. The molecule has 1 aromatic heterocycles. The number of aromatic nitrogens is 1. The molecule has 1 saturated heterocycles. The van der Waals surface area contributed by atoms with Gasteiger partial charge in [-0.05, 0) is 45.0 Å². The molecule has 0 aliphatic carbocycles. The Morgan fingerprint density at radius 1 is 1.45 bits per heavy atom. The van der Waals surface area contributed by atoms with E-state index in [0.29, 0.717) is 11.4 Å². The molecule has 1 aliphatic rings. The number of piperidine rings is 1. The van der Waals surface area contributed by atoms with Crippen LogP contribution >= 0.6 is 0 Å². The van der Waals surface area contributed by atoms with Crippen LogP contribution in [0.4, 0.5) is 5.82 Å². The monoisotopic (exact) mass is 277 g/mol. The lowest BCUT2D eigenvalue weighted by atomic mass is 10.1. The summed E-state index contributed by atoms with van der Waals surface area (Å²) in [5, 5.41) is 3.02. The van der Waals surface area contributed by atoms with Gasteiger partial charge in [-0.3, -0.25) is 4.79 Å². The van der Waals surface area contributed by atoms with Crippen molar-refractivity contribution in [2.45, 2.75) is 32.2 Å². The molecule has 1 amide bonds. The van der Waals surface area contributed by atoms with Gasteiger partial charge in [0.15, 0.2) is 0 Å². The molecular formula is C14H23N5O. The van der Waals surface area contributed by atoms with Crippen molar-refractivity contribution in [2.24, 2.45) is 5.84 Å². The number of hydrogen-bond acceptors (Lipinski definition) is 5. The Kier molecular flexibility index (Phi) is 5.31. The van der Waals surface area contributed by atoms with Crippen molar-refractivity contribution in [3.05, 3.63) is 23.9 Å². The fourth-order valence-corrected chi connectivity index (χ4v) is 2.53. The highest BCUT2D eigenvalue weighted by atomic mass is 16.1. The van der Waals surface area contributed by atoms with Gasteiger partial charge in [-0.15, -0.1) is 0 Å². The van der Waals surface area contributed by atoms with E-state index in [1.807, 2.05) is 6.92 Å². The maximum absolute atomic E-state index is 12.1. The Hall–Kier alpha value is -1.66. The molecule has 2 rings (SSSR count). The number of likely N-dealkylation sites (tertiary alicyclic amines) is 1. The summed E-state index contributed by atoms with van der Waals surface area (Å²) >= 11 is 0. The molecule has 0 spiro atoms. The zero-order valence-electron chi connectivity index (χ0n) is 11.9. The largest absolute Gasteiger partial charge is 0.348 e. The van der Waals surface area contributed by atoms with E-state index in [4.69, 9.17) is 5.84 Å². The van der Waals surface area contributed by atoms with Crippen LogP contribution in [0, 0.1) is 0 Å². The van der Waals surface area contributed by atoms with E-state index in [9.17, 15) is 4.79 Å². The Morgan fingerprint density at radius 2 is 2.20 bits per heavy atom. The topological polar surface area (TPSA) is 83.3 Å². The normalized spacial score (nSPS) is 17.5. The highest BCUT2D eigenvalue weighted by Crippen LogP contribution is 2.09. The third kappa shape index (κ3) is 4.18. The van der Waals surface area contributed by atoms with Gasteiger partial charge in [0.25, 0.3) is 5.91 Å². The summed E-state index contributed by atoms with van der Waals surface area (Å²) in [7, 11) is 0. The maximum atomic E-state index is 12.1. The van der Waals surface area contributed by atoms with E-state index in [-0.39, 0.29) is 11.9 Å². The predicted molar refractivity (Wildman–Crippen MR) is 79.3 cm³/mol. The van der Waals surface area contributed by atoms with Crippen molar-refractivity contribution in [1.29, 1.82) is 0 Å². The molecule has 0 aromatic carbocycles. The quantitative estimate of drug-likeness (QED) is 0.552. The van der Waals surface area contributed by atoms with Crippen LogP contribution < -0.4 is 16.6 Å². The lowest BCUT2D eigenvalue weighted by Gasteiger charge is -2.29. The number of nitrogen functional groups attached to an aromatic ring is 1. The van der Waals surface area contributed by atoms with Crippen LogP contribution in [0.3, 0.4) is 0 Å². The van der Waals surface area contributed by atoms with Gasteiger partial charge in [0.2, 0.25) is 0 Å². The summed E-state index contributed by atoms with van der Waals surface area (Å²) in [6.45, 7) is 5.21. The van der Waals surface area contributed by atoms with Crippen molar-refractivity contribution >= 4 is 11.7 Å². The molecule has 1 aromatic rings. The van der Waals surface area contributed by atoms with Gasteiger partial charge in [-0.1, -0.05) is 6.42 Å². The third-order valence-electron chi connectivity index (χ3n) is 3.53. The summed E-state index contributed by atoms with van der Waals surface area (Å²) in [6, 6.07) is 3.45. The molecule has 0 radical (unpaired) electrons. The first kappa shape index (κ1) is 14.7. The highest BCUT2D eigenvalue weighted by molar-refractivity contribution is 5.94. The number of nitrogens with two attached hydrogens (primary N) is 1. The van der Waals surface area contributed by atoms with Gasteiger partial charge in [-0.2, -0.15) is 0 Å². The van der Waals surface area contributed by atoms with Crippen molar-refractivity contribution in [3.63, 3.8) is 0 Å². The first-order valence-corrected chi connectivity index (χ1v) is 7.15. The molecule has 6 nitrogen and oxygen atoms in total. The second kappa shape index (κ2) is 7.21. The molecule has 2 heterocycles. The van der Waals surface area contributed by atoms with E-state index in [0.717, 1.165) is 19.6 Å². The molecule has 0 bridgehead atoms. The van der Waals surface area contributed by atoms with Crippen LogP contribution in [-0.2, 0) is 0 Å². The van der Waals surface area contributed by atoms with Crippen molar-refractivity contribution < 1.29 is 4.79 Å². The molecule has 1 aliphatic heterocycles. The smallest absolute Gasteiger partial charge is 0.251 e. The van der Waals surface area contributed by atoms with E-state index in [1.54, 1.807) is 18.3 Å². The summed E-state index contributed by atoms with van der Waals surface area (Å²) in [5.74, 6) is 5.69. The van der Waals surface area contributed by atoms with E-state index < -0.39 is 0 Å². The number of pyridine rings is 1. The van der Waals surface area contributed by atoms with Crippen LogP contribution in [0.25, 0.3) is 0 Å². The number of nitrogens with one attached hydrogen (secondary N) is 2. The number of hydrazine groups is 1. The van der Waals surface area contributed by atoms with Gasteiger partial charge >= 0.3 is 0 Å². The predicted octanol–water partition coefficient (Wildman–Crippen LogP) is 0.971. The van der Waals surface area contributed by atoms with Gasteiger partial charge in [0.05, 0.1) is 0 Å². The lowest BCUT2D eigenvalue weighted by molar-refractivity contribution is 0.0925. The summed E-state index contributed by atoms with van der Waals surface area (Å²) < 4.78 is 0. The fraction of sp³-hybridized carbons (Fsp3) is 0.571. The Bertz CT molecular complexity index is 445. The lowest BCUT2D eigenvalue weighted by Crippen LogP contribution is -2.43. The summed E-state index contributed by atoms with van der Waals surface area (Å²) in [5.41, 5.74) is 3.01. The fourth-order valence-electron chi connectivity index (χ4n) is 2.53. The second-order valence-electron chi connectivity index (χ2n) is 5.31. The van der Waals surface area contributed by atoms with Gasteiger partial charge in [0.1, 0.15) is 5.82 Å². The van der Waals surface area contributed by atoms with Crippen LogP contribution in [0.5, 0.6) is 0 Å². The van der Waals surface area contributed by atoms with E-state index in [2.05, 4.69) is 20.6 Å². The van der Waals surface area contributed by atoms with Crippen molar-refractivity contribution in [3.8, 4) is 0 Å². The number of anilines is 1. The van der Waals surface area contributed by atoms with Crippen LogP contribution in [0.2, 0.25) is 0 Å². The number of carbonyl (C=O) groups excluding carboxylic acids is 1. The van der Waals surface area contributed by atoms with Crippen LogP contribution in [0.1, 0.15) is 36.5 Å². The Labute approximate surface area is 119 Å². The average molecular weight is 277 g/mol. The average Bonchev–Trinajstić information content (AvgIpc) is 2.48. The third-order valence-corrected chi connectivity index (χ3v) is 3.53. The number of carbonyl (C=O) groups is 1. The van der Waals surface area contributed by atoms with Gasteiger partial charge in [0, 0.05) is 24.3 Å². The number of nitrogens with zero attached hydrogens (tertiary/aromatic N) is 2. The summed E-state index contributed by atoms with van der Waals surface area (Å²) in [6.07, 6.45) is 5.41. The Morgan fingerprint density at radius 3 is 2.90 bits per heavy atom. The number of hydrogen-bond donors (Lipinski definition) is 3. The molecule has 6 heteroatoms. The molecule has 4 N–H and O–H groups in total. The minimum Gasteiger partial charge on any atom is -0.348 e. The molecular weight excluding hydrogens is 254 g/mol. The minimum absolute atomic E-state index is 0.0894. The standard InChI is InChI=1S/C14H23N5O/c1-11(10-19-7-3-2-4-8-19)17-14(20)12-5-6-16-13(9-12)18-15/h5-6,9,11H,2-4,7-8,10,15H2,1H3,(H,16,18)(H,17,20). The first-order valence-electron chi connectivity index (χ1n) is 7.15. The van der Waals surface area contributed by atoms with Gasteiger partial charge < -0.3 is 15.6 Å². The van der Waals surface area contributed by atoms with Crippen LogP contribution in [-0.4, -0.2) is 41.5 Å². The van der Waals surface area contributed by atoms with Crippen LogP contribution in [0.15, 0.2) is 18.3 Å². The van der Waals surface area contributed by atoms with E-state index in [1.165, 1.54) is 19.3 Å². The molecule has 110 valence electrons. The van der Waals surface area contributed by atoms with Crippen molar-refractivity contribution in [1.82, 2.24) is 15.2 Å². The Balaban J connectivity index is 1.86. The SMILES string of the molecule is CC(CN1CCCCC1)NC(=O)c1ccnc(NN)c1.